The zero-order valence-corrected chi connectivity index (χ0v) is 39.4. The maximum atomic E-state index is 12.8. The number of carbonyl (C=O) groups excluding carboxylic acids is 2. The third-order valence-corrected chi connectivity index (χ3v) is 14.4. The molecule has 1 aromatic heterocycles. The largest absolute Gasteiger partial charge is 0.480 e. The van der Waals surface area contributed by atoms with E-state index in [1.165, 1.54) is 16.7 Å². The van der Waals surface area contributed by atoms with E-state index in [-0.39, 0.29) is 54.7 Å². The van der Waals surface area contributed by atoms with E-state index < -0.39 is 96.5 Å². The third-order valence-electron chi connectivity index (χ3n) is 12.1. The van der Waals surface area contributed by atoms with E-state index >= 15 is 0 Å². The van der Waals surface area contributed by atoms with Gasteiger partial charge >= 0.3 is 11.9 Å². The van der Waals surface area contributed by atoms with E-state index in [2.05, 4.69) is 31.5 Å². The maximum Gasteiger partial charge on any atom is 0.352 e. The smallest absolute Gasteiger partial charge is 0.352 e. The first-order valence-electron chi connectivity index (χ1n) is 22.0. The molecule has 4 aliphatic heterocycles. The average Bonchev–Trinajstić information content (AvgIpc) is 3.74. The first-order valence-corrected chi connectivity index (χ1v) is 24.0. The lowest BCUT2D eigenvalue weighted by molar-refractivity contribution is -0.304. The minimum atomic E-state index is -1.28. The number of carboxylic acids is 2. The summed E-state index contributed by atoms with van der Waals surface area (Å²) in [5, 5.41) is 70.7. The number of ether oxygens (including phenoxy) is 4. The molecule has 1 aliphatic carbocycles. The van der Waals surface area contributed by atoms with Crippen LogP contribution in [0.1, 0.15) is 37.8 Å². The van der Waals surface area contributed by atoms with Crippen LogP contribution in [0.25, 0.3) is 0 Å². The molecule has 2 aromatic rings. The summed E-state index contributed by atoms with van der Waals surface area (Å²) in [7, 11) is 1.64. The summed E-state index contributed by atoms with van der Waals surface area (Å²) < 4.78 is 24.6. The summed E-state index contributed by atoms with van der Waals surface area (Å²) in [4.78, 5) is 49.6. The van der Waals surface area contributed by atoms with Crippen LogP contribution in [0, 0.1) is 0 Å². The van der Waals surface area contributed by atoms with Gasteiger partial charge in [0.2, 0.25) is 17.4 Å². The van der Waals surface area contributed by atoms with E-state index in [0.717, 1.165) is 27.6 Å². The van der Waals surface area contributed by atoms with E-state index in [9.17, 15) is 39.6 Å². The van der Waals surface area contributed by atoms with Crippen LogP contribution in [0.2, 0.25) is 0 Å². The monoisotopic (exact) mass is 994 g/mol. The van der Waals surface area contributed by atoms with E-state index in [0.29, 0.717) is 36.5 Å². The standard InChI is InChI=1S/C21H41N5O7.C20H21N7O6S2/c1-4-26-13-7-12(24)16(32-19-11(23)6-5-10(8-22)31-19)14(27)17(13)33-20-15(28)18(25-3)21(2,29)9-30-20;21-6-11-4-2-1-3-10(11)5-13(28)22-15-17(31)27-16(19(32)33)12(8-34-18(15)27)9-35-20-23-24-25-26(20)7-14(29)30/h5,11-20,25-29H,4,6-9,22-24H2,1-3H3;1-4,15,18H,5-9,21H2,(H,22,28)(H,29,30)(H,32,33)/t11?,12-,13+,14-,15+,16+,17-,18+,19?,20+,21-;15-,18-/m01/s1. The first-order chi connectivity index (χ1) is 32.4. The van der Waals surface area contributed by atoms with Crippen LogP contribution in [-0.4, -0.2) is 191 Å². The second-order valence-corrected chi connectivity index (χ2v) is 19.0. The van der Waals surface area contributed by atoms with Crippen LogP contribution in [0.3, 0.4) is 0 Å². The third kappa shape index (κ3) is 12.2. The summed E-state index contributed by atoms with van der Waals surface area (Å²) in [6.45, 7) is 4.16. The molecule has 0 bridgehead atoms. The average molecular weight is 995 g/mol. The molecular weight excluding hydrogens is 933 g/mol. The summed E-state index contributed by atoms with van der Waals surface area (Å²) in [5.74, 6) is -2.19. The van der Waals surface area contributed by atoms with Gasteiger partial charge in [-0.1, -0.05) is 43.0 Å². The van der Waals surface area contributed by atoms with Gasteiger partial charge in [0.15, 0.2) is 6.29 Å². The number of benzene rings is 1. The van der Waals surface area contributed by atoms with Crippen molar-refractivity contribution in [1.82, 2.24) is 41.1 Å². The summed E-state index contributed by atoms with van der Waals surface area (Å²) in [6, 6.07) is 4.49. The number of fused-ring (bicyclic) bond motifs is 1. The van der Waals surface area contributed by atoms with Crippen molar-refractivity contribution in [1.29, 1.82) is 0 Å². The predicted molar refractivity (Wildman–Crippen MR) is 244 cm³/mol. The second kappa shape index (κ2) is 23.5. The molecule has 2 amide bonds. The molecular formula is C41H62N12O13S2. The van der Waals surface area contributed by atoms with E-state index in [1.807, 2.05) is 25.1 Å². The van der Waals surface area contributed by atoms with Crippen molar-refractivity contribution in [2.45, 2.75) is 130 Å². The van der Waals surface area contributed by atoms with Crippen LogP contribution in [0.15, 0.2) is 52.5 Å². The number of hydrogen-bond acceptors (Lipinski definition) is 22. The fraction of sp³-hybridized carbons (Fsp3) is 0.634. The number of nitrogens with two attached hydrogens (primary N) is 4. The fourth-order valence-corrected chi connectivity index (χ4v) is 11.0. The molecule has 0 spiro atoms. The topological polar surface area (TPSA) is 393 Å². The molecule has 376 valence electrons. The molecule has 3 fully saturated rings. The van der Waals surface area contributed by atoms with Crippen LogP contribution >= 0.6 is 23.5 Å². The normalized spacial score (nSPS) is 32.5. The Morgan fingerprint density at radius 2 is 1.76 bits per heavy atom. The van der Waals surface area contributed by atoms with Gasteiger partial charge in [0.25, 0.3) is 5.91 Å². The van der Waals surface area contributed by atoms with E-state index in [1.54, 1.807) is 26.1 Å². The number of amides is 2. The highest BCUT2D eigenvalue weighted by Crippen LogP contribution is 2.41. The lowest BCUT2D eigenvalue weighted by Gasteiger charge is -2.49. The summed E-state index contributed by atoms with van der Waals surface area (Å²) >= 11 is 2.42. The molecule has 16 N–H and O–H groups in total. The second-order valence-electron chi connectivity index (χ2n) is 17.0. The number of aliphatic hydroxyl groups excluding tert-OH is 2. The van der Waals surface area contributed by atoms with Crippen LogP contribution in [-0.2, 0) is 57.6 Å². The molecule has 0 radical (unpaired) electrons. The molecule has 1 saturated carbocycles. The molecule has 2 unspecified atom stereocenters. The Labute approximate surface area is 400 Å². The summed E-state index contributed by atoms with van der Waals surface area (Å²) in [5.41, 5.74) is 24.6. The van der Waals surface area contributed by atoms with Crippen molar-refractivity contribution in [3.8, 4) is 0 Å². The predicted octanol–water partition coefficient (Wildman–Crippen LogP) is -3.91. The Balaban J connectivity index is 0.000000224. The van der Waals surface area contributed by atoms with Crippen LogP contribution in [0.5, 0.6) is 0 Å². The quantitative estimate of drug-likeness (QED) is 0.0501. The number of tetrazole rings is 1. The number of hydrogen-bond donors (Lipinski definition) is 12. The Morgan fingerprint density at radius 3 is 2.43 bits per heavy atom. The number of nitrogens with zero attached hydrogens (tertiary/aromatic N) is 5. The van der Waals surface area contributed by atoms with Gasteiger partial charge in [-0.05, 0) is 66.6 Å². The zero-order valence-electron chi connectivity index (χ0n) is 37.8. The van der Waals surface area contributed by atoms with Gasteiger partial charge < -0.3 is 83.4 Å². The number of β-lactam (4-membered cyclic amide) rings is 1. The van der Waals surface area contributed by atoms with Gasteiger partial charge in [0.1, 0.15) is 59.4 Å². The van der Waals surface area contributed by atoms with Crippen molar-refractivity contribution in [3.63, 3.8) is 0 Å². The van der Waals surface area contributed by atoms with Gasteiger partial charge in [-0.2, -0.15) is 0 Å². The Hall–Kier alpha value is -4.33. The van der Waals surface area contributed by atoms with Gasteiger partial charge in [0, 0.05) is 30.1 Å². The highest BCUT2D eigenvalue weighted by Gasteiger charge is 2.55. The van der Waals surface area contributed by atoms with Crippen molar-refractivity contribution in [3.05, 3.63) is 58.5 Å². The van der Waals surface area contributed by atoms with Crippen LogP contribution in [0.4, 0.5) is 0 Å². The molecule has 1 aromatic carbocycles. The van der Waals surface area contributed by atoms with E-state index in [4.69, 9.17) is 47.0 Å². The number of aromatic nitrogens is 4. The molecule has 68 heavy (non-hydrogen) atoms. The fourth-order valence-electron chi connectivity index (χ4n) is 8.66. The Morgan fingerprint density at radius 1 is 1.04 bits per heavy atom. The molecule has 5 aliphatic rings. The SMILES string of the molecule is CCN[C@@H]1C[C@H](N)[C@@H](OC2OC(CN)=CCC2N)[C@H](O)[C@H]1O[C@H]1OC[C@](C)(O)[C@H](NC)[C@H]1O.NCc1ccccc1CC(=O)N[C@@H]1C(=O)N2C(C(=O)O)=C(CSc3nnnn3CC(=O)O)CS[C@H]12. The van der Waals surface area contributed by atoms with Gasteiger partial charge in [-0.25, -0.2) is 9.48 Å². The maximum absolute atomic E-state index is 12.8. The number of rotatable bonds is 18. The molecule has 13 atom stereocenters. The molecule has 25 nitrogen and oxygen atoms in total. The van der Waals surface area contributed by atoms with Gasteiger partial charge in [-0.3, -0.25) is 19.3 Å². The number of nitrogens with one attached hydrogen (secondary N) is 3. The highest BCUT2D eigenvalue weighted by atomic mass is 32.2. The number of likely N-dealkylation sites (N-methyl/N-ethyl adjacent to an activating group) is 2. The number of thioether (sulfide) groups is 2. The minimum Gasteiger partial charge on any atom is -0.480 e. The Bertz CT molecular complexity index is 2170. The van der Waals surface area contributed by atoms with Crippen molar-refractivity contribution in [2.75, 3.05) is 38.2 Å². The van der Waals surface area contributed by atoms with Crippen molar-refractivity contribution >= 4 is 47.3 Å². The Kier molecular flexibility index (Phi) is 18.3. The van der Waals surface area contributed by atoms with Gasteiger partial charge in [-0.15, -0.1) is 16.9 Å². The van der Waals surface area contributed by atoms with Crippen LogP contribution < -0.4 is 38.9 Å². The lowest BCUT2D eigenvalue weighted by Crippen LogP contribution is -2.70. The number of carboxylic acid groups (broad SMARTS) is 2. The zero-order chi connectivity index (χ0) is 49.4. The molecule has 5 heterocycles. The molecule has 7 rings (SSSR count). The van der Waals surface area contributed by atoms with Crippen molar-refractivity contribution < 1.29 is 63.7 Å². The number of carbonyl (C=O) groups is 4. The minimum absolute atomic E-state index is 0.0483. The number of aliphatic carboxylic acids is 2. The first kappa shape index (κ1) is 53.0. The van der Waals surface area contributed by atoms with Crippen molar-refractivity contribution in [2.24, 2.45) is 22.9 Å². The molecule has 27 heteroatoms. The lowest BCUT2D eigenvalue weighted by atomic mass is 9.83. The number of aliphatic hydroxyl groups is 3. The van der Waals surface area contributed by atoms with Gasteiger partial charge in [0.05, 0.1) is 31.7 Å². The summed E-state index contributed by atoms with van der Waals surface area (Å²) in [6.07, 6.45) is -2.99. The highest BCUT2D eigenvalue weighted by molar-refractivity contribution is 8.01. The molecule has 2 saturated heterocycles.